The topological polar surface area (TPSA) is 103 Å². The number of amides is 1. The summed E-state index contributed by atoms with van der Waals surface area (Å²) in [6.45, 7) is -0.0670. The zero-order valence-corrected chi connectivity index (χ0v) is 20.3. The predicted molar refractivity (Wildman–Crippen MR) is 135 cm³/mol. The van der Waals surface area contributed by atoms with E-state index in [0.29, 0.717) is 17.9 Å². The molecule has 0 unspecified atom stereocenters. The van der Waals surface area contributed by atoms with Crippen LogP contribution in [0, 0.1) is 0 Å². The normalized spacial score (nSPS) is 23.2. The molecule has 0 radical (unpaired) electrons. The second kappa shape index (κ2) is 9.53. The number of aliphatic hydroxyl groups excluding tert-OH is 1. The van der Waals surface area contributed by atoms with Crippen molar-refractivity contribution in [1.29, 1.82) is 0 Å². The Morgan fingerprint density at radius 3 is 2.38 bits per heavy atom. The van der Waals surface area contributed by atoms with Crippen LogP contribution in [0.3, 0.4) is 0 Å². The number of rotatable bonds is 5. The van der Waals surface area contributed by atoms with Crippen molar-refractivity contribution in [3.05, 3.63) is 83.4 Å². The second-order valence-electron chi connectivity index (χ2n) is 9.50. The van der Waals surface area contributed by atoms with Crippen LogP contribution in [0.25, 0.3) is 11.1 Å². The molecule has 1 saturated heterocycles. The molecule has 0 aromatic heterocycles. The SMILES string of the molecule is COC(=O)[C@@H]1C[C@@H]2c3cc(NC(=O)OCC4c5ccccc5-c5ccccc54)ccc3O[C@@H]2[C@@H](CO)O1. The van der Waals surface area contributed by atoms with Gasteiger partial charge in [0.2, 0.25) is 0 Å². The van der Waals surface area contributed by atoms with Gasteiger partial charge in [-0.1, -0.05) is 48.5 Å². The highest BCUT2D eigenvalue weighted by Crippen LogP contribution is 2.47. The van der Waals surface area contributed by atoms with E-state index in [0.717, 1.165) is 16.7 Å². The van der Waals surface area contributed by atoms with Crippen LogP contribution in [0.15, 0.2) is 66.7 Å². The summed E-state index contributed by atoms with van der Waals surface area (Å²) in [5.41, 5.74) is 6.04. The third-order valence-electron chi connectivity index (χ3n) is 7.48. The summed E-state index contributed by atoms with van der Waals surface area (Å²) >= 11 is 0. The molecular weight excluding hydrogens is 474 g/mol. The summed E-state index contributed by atoms with van der Waals surface area (Å²) in [5.74, 6) is -0.0616. The minimum Gasteiger partial charge on any atom is -0.487 e. The number of carbonyl (C=O) groups excluding carboxylic acids is 2. The van der Waals surface area contributed by atoms with Gasteiger partial charge in [0.25, 0.3) is 0 Å². The number of fused-ring (bicyclic) bond motifs is 6. The van der Waals surface area contributed by atoms with Gasteiger partial charge in [0, 0.05) is 23.1 Å². The number of benzene rings is 3. The molecule has 1 fully saturated rings. The summed E-state index contributed by atoms with van der Waals surface area (Å²) in [7, 11) is 1.31. The van der Waals surface area contributed by atoms with E-state index >= 15 is 0 Å². The van der Waals surface area contributed by atoms with Crippen molar-refractivity contribution in [2.24, 2.45) is 0 Å². The molecule has 0 bridgehead atoms. The van der Waals surface area contributed by atoms with Crippen molar-refractivity contribution in [3.8, 4) is 16.9 Å². The third-order valence-corrected chi connectivity index (χ3v) is 7.48. The molecule has 4 atom stereocenters. The average Bonchev–Trinajstić information content (AvgIpc) is 3.46. The van der Waals surface area contributed by atoms with Gasteiger partial charge in [-0.25, -0.2) is 9.59 Å². The number of aliphatic hydroxyl groups is 1. The molecule has 0 saturated carbocycles. The summed E-state index contributed by atoms with van der Waals surface area (Å²) in [4.78, 5) is 24.9. The van der Waals surface area contributed by atoms with Crippen molar-refractivity contribution in [2.45, 2.75) is 36.6 Å². The molecule has 37 heavy (non-hydrogen) atoms. The molecule has 3 aromatic rings. The molecule has 8 heteroatoms. The summed E-state index contributed by atoms with van der Waals surface area (Å²) < 4.78 is 22.3. The van der Waals surface area contributed by atoms with Crippen LogP contribution in [0.1, 0.15) is 34.9 Å². The van der Waals surface area contributed by atoms with Crippen LogP contribution < -0.4 is 10.1 Å². The number of anilines is 1. The van der Waals surface area contributed by atoms with Gasteiger partial charge in [-0.05, 0) is 46.9 Å². The van der Waals surface area contributed by atoms with E-state index in [1.807, 2.05) is 30.3 Å². The number of methoxy groups -OCH3 is 1. The van der Waals surface area contributed by atoms with Gasteiger partial charge >= 0.3 is 12.1 Å². The summed E-state index contributed by atoms with van der Waals surface area (Å²) in [5, 5.41) is 12.6. The zero-order valence-electron chi connectivity index (χ0n) is 20.3. The Morgan fingerprint density at radius 1 is 1.00 bits per heavy atom. The fourth-order valence-corrected chi connectivity index (χ4v) is 5.78. The molecule has 6 rings (SSSR count). The van der Waals surface area contributed by atoms with Crippen LogP contribution in [0.4, 0.5) is 10.5 Å². The lowest BCUT2D eigenvalue weighted by Gasteiger charge is -2.35. The first kappa shape index (κ1) is 23.5. The number of esters is 1. The van der Waals surface area contributed by atoms with Gasteiger partial charge in [-0.15, -0.1) is 0 Å². The summed E-state index contributed by atoms with van der Waals surface area (Å²) in [6, 6.07) is 21.7. The Balaban J connectivity index is 1.16. The van der Waals surface area contributed by atoms with Crippen LogP contribution in [0.2, 0.25) is 0 Å². The fraction of sp³-hybridized carbons (Fsp3) is 0.310. The van der Waals surface area contributed by atoms with E-state index in [-0.39, 0.29) is 25.0 Å². The molecule has 2 N–H and O–H groups in total. The van der Waals surface area contributed by atoms with Crippen molar-refractivity contribution in [2.75, 3.05) is 25.6 Å². The molecule has 0 spiro atoms. The van der Waals surface area contributed by atoms with Crippen molar-refractivity contribution in [3.63, 3.8) is 0 Å². The van der Waals surface area contributed by atoms with Crippen LogP contribution in [-0.2, 0) is 19.0 Å². The predicted octanol–water partition coefficient (Wildman–Crippen LogP) is 4.22. The van der Waals surface area contributed by atoms with Gasteiger partial charge in [-0.2, -0.15) is 0 Å². The molecule has 1 aliphatic carbocycles. The molecule has 2 aliphatic heterocycles. The van der Waals surface area contributed by atoms with E-state index in [1.54, 1.807) is 12.1 Å². The van der Waals surface area contributed by atoms with Crippen LogP contribution in [-0.4, -0.2) is 55.8 Å². The maximum atomic E-state index is 12.8. The molecule has 3 aliphatic rings. The number of ether oxygens (including phenoxy) is 4. The highest BCUT2D eigenvalue weighted by atomic mass is 16.6. The first-order valence-electron chi connectivity index (χ1n) is 12.3. The van der Waals surface area contributed by atoms with Gasteiger partial charge in [0.15, 0.2) is 6.10 Å². The highest BCUT2D eigenvalue weighted by molar-refractivity contribution is 5.85. The molecule has 1 amide bonds. The molecule has 190 valence electrons. The quantitative estimate of drug-likeness (QED) is 0.505. The van der Waals surface area contributed by atoms with Crippen molar-refractivity contribution in [1.82, 2.24) is 0 Å². The van der Waals surface area contributed by atoms with Crippen molar-refractivity contribution < 1.29 is 33.6 Å². The maximum Gasteiger partial charge on any atom is 0.411 e. The number of carbonyl (C=O) groups is 2. The lowest BCUT2D eigenvalue weighted by molar-refractivity contribution is -0.175. The number of hydrogen-bond donors (Lipinski definition) is 2. The minimum atomic E-state index is -0.795. The van der Waals surface area contributed by atoms with E-state index < -0.39 is 30.4 Å². The molecule has 2 heterocycles. The zero-order chi connectivity index (χ0) is 25.5. The van der Waals surface area contributed by atoms with E-state index in [2.05, 4.69) is 29.6 Å². The third kappa shape index (κ3) is 4.12. The van der Waals surface area contributed by atoms with Gasteiger partial charge in [-0.3, -0.25) is 5.32 Å². The Morgan fingerprint density at radius 2 is 1.70 bits per heavy atom. The number of nitrogens with one attached hydrogen (secondary N) is 1. The Hall–Kier alpha value is -3.88. The summed E-state index contributed by atoms with van der Waals surface area (Å²) in [6.07, 6.45) is -2.07. The van der Waals surface area contributed by atoms with Crippen LogP contribution >= 0.6 is 0 Å². The van der Waals surface area contributed by atoms with Gasteiger partial charge in [0.1, 0.15) is 24.6 Å². The van der Waals surface area contributed by atoms with Gasteiger partial charge < -0.3 is 24.1 Å². The smallest absolute Gasteiger partial charge is 0.411 e. The minimum absolute atomic E-state index is 0.0276. The first-order chi connectivity index (χ1) is 18.1. The second-order valence-corrected chi connectivity index (χ2v) is 9.50. The van der Waals surface area contributed by atoms with Crippen molar-refractivity contribution >= 4 is 17.7 Å². The lowest BCUT2D eigenvalue weighted by Crippen LogP contribution is -2.48. The van der Waals surface area contributed by atoms with E-state index in [9.17, 15) is 14.7 Å². The lowest BCUT2D eigenvalue weighted by atomic mass is 9.85. The standard InChI is InChI=1S/C29H27NO7/c1-34-28(32)25-13-22-21-12-16(10-11-24(21)37-27(22)26(14-31)36-25)30-29(33)35-15-23-19-8-4-2-6-17(19)18-7-3-5-9-20(18)23/h2-12,22-23,25-27,31H,13-15H2,1H3,(H,30,33)/t22-,25+,26-,27+/m1/s1. The Bertz CT molecular complexity index is 1310. The van der Waals surface area contributed by atoms with Crippen LogP contribution in [0.5, 0.6) is 5.75 Å². The monoisotopic (exact) mass is 501 g/mol. The first-order valence-corrected chi connectivity index (χ1v) is 12.3. The Kier molecular flexibility index (Phi) is 6.06. The maximum absolute atomic E-state index is 12.8. The highest BCUT2D eigenvalue weighted by Gasteiger charge is 2.48. The van der Waals surface area contributed by atoms with E-state index in [1.165, 1.54) is 18.2 Å². The molecular formula is C29H27NO7. The average molecular weight is 502 g/mol. The largest absolute Gasteiger partial charge is 0.487 e. The molecule has 8 nitrogen and oxygen atoms in total. The Labute approximate surface area is 214 Å². The number of hydrogen-bond acceptors (Lipinski definition) is 7. The fourth-order valence-electron chi connectivity index (χ4n) is 5.78. The van der Waals surface area contributed by atoms with Gasteiger partial charge in [0.05, 0.1) is 13.7 Å². The molecule has 3 aromatic carbocycles. The van der Waals surface area contributed by atoms with E-state index in [4.69, 9.17) is 18.9 Å².